The fourth-order valence-corrected chi connectivity index (χ4v) is 8.48. The van der Waals surface area contributed by atoms with Crippen LogP contribution in [0.5, 0.6) is 0 Å². The third-order valence-electron chi connectivity index (χ3n) is 10.0. The summed E-state index contributed by atoms with van der Waals surface area (Å²) in [5.41, 5.74) is 2.03. The van der Waals surface area contributed by atoms with E-state index < -0.39 is 8.32 Å². The average Bonchev–Trinajstić information content (AvgIpc) is 2.89. The van der Waals surface area contributed by atoms with Gasteiger partial charge in [0.05, 0.1) is 0 Å². The Bertz CT molecular complexity index is 687. The topological polar surface area (TPSA) is 26.3 Å². The lowest BCUT2D eigenvalue weighted by atomic mass is 9.48. The smallest absolute Gasteiger partial charge is 0.192 e. The summed E-state index contributed by atoms with van der Waals surface area (Å²) in [6.45, 7) is 16.7. The number of Topliss-reactive ketones (excluding diaryl/α,β-unsaturated/α-hetero) is 1. The molecule has 0 aromatic rings. The van der Waals surface area contributed by atoms with Crippen molar-refractivity contribution in [1.82, 2.24) is 0 Å². The zero-order valence-corrected chi connectivity index (χ0v) is 20.4. The third kappa shape index (κ3) is 3.02. The number of carbonyl (C=O) groups excluding carboxylic acids is 1. The van der Waals surface area contributed by atoms with Gasteiger partial charge in [-0.05, 0) is 86.2 Å². The first-order valence-corrected chi connectivity index (χ1v) is 14.7. The van der Waals surface area contributed by atoms with Crippen molar-refractivity contribution in [2.45, 2.75) is 110 Å². The van der Waals surface area contributed by atoms with Crippen LogP contribution in [0, 0.1) is 28.6 Å². The molecular formula is C25H42O2Si. The van der Waals surface area contributed by atoms with E-state index in [9.17, 15) is 4.79 Å². The molecule has 0 radical (unpaired) electrons. The summed E-state index contributed by atoms with van der Waals surface area (Å²) in [6, 6.07) is 0. The van der Waals surface area contributed by atoms with Gasteiger partial charge >= 0.3 is 0 Å². The van der Waals surface area contributed by atoms with E-state index in [1.807, 2.05) is 0 Å². The van der Waals surface area contributed by atoms with Gasteiger partial charge in [-0.1, -0.05) is 46.3 Å². The van der Waals surface area contributed by atoms with Crippen molar-refractivity contribution in [2.75, 3.05) is 0 Å². The molecule has 0 N–H and O–H groups in total. The first-order chi connectivity index (χ1) is 12.9. The Balaban J connectivity index is 1.53. The molecule has 158 valence electrons. The van der Waals surface area contributed by atoms with Crippen molar-refractivity contribution >= 4 is 14.1 Å². The molecule has 6 atom stereocenters. The molecule has 3 heteroatoms. The maximum Gasteiger partial charge on any atom is 0.192 e. The van der Waals surface area contributed by atoms with Gasteiger partial charge in [-0.15, -0.1) is 0 Å². The highest BCUT2D eigenvalue weighted by Gasteiger charge is 2.58. The molecule has 4 aliphatic carbocycles. The molecule has 0 aromatic heterocycles. The SMILES string of the molecule is CC(C)(C)[Si](C)(C)O[C@H]1CC[C@@]2(C)C(=CCC3[C@@H]2CC[C@]2(C)C(=O)CC[C@@H]32)C1. The van der Waals surface area contributed by atoms with E-state index in [0.717, 1.165) is 37.5 Å². The van der Waals surface area contributed by atoms with E-state index in [0.29, 0.717) is 23.2 Å². The Kier molecular flexibility index (Phi) is 4.87. The standard InChI is InChI=1S/C25H42O2Si/c1-23(2,3)28(6,7)27-18-12-14-24(4)17(16-18)8-9-19-20-10-11-22(26)25(20,5)15-13-21(19)24/h8,18-21H,9-16H2,1-7H3/t18-,19?,20-,21-,24-,25-/m0/s1. The molecule has 28 heavy (non-hydrogen) atoms. The number of ketones is 1. The molecule has 3 saturated carbocycles. The first-order valence-electron chi connectivity index (χ1n) is 11.8. The van der Waals surface area contributed by atoms with Crippen molar-refractivity contribution in [3.05, 3.63) is 11.6 Å². The van der Waals surface area contributed by atoms with Crippen molar-refractivity contribution < 1.29 is 9.22 Å². The molecule has 0 saturated heterocycles. The van der Waals surface area contributed by atoms with Gasteiger partial charge in [-0.2, -0.15) is 0 Å². The summed E-state index contributed by atoms with van der Waals surface area (Å²) < 4.78 is 6.83. The van der Waals surface area contributed by atoms with Crippen LogP contribution in [0.1, 0.15) is 86.0 Å². The van der Waals surface area contributed by atoms with Crippen LogP contribution in [0.3, 0.4) is 0 Å². The Labute approximate surface area is 174 Å². The van der Waals surface area contributed by atoms with E-state index in [2.05, 4.69) is 53.8 Å². The molecule has 0 bridgehead atoms. The highest BCUT2D eigenvalue weighted by Crippen LogP contribution is 2.64. The molecule has 0 heterocycles. The molecule has 4 rings (SSSR count). The second-order valence-corrected chi connectivity index (χ2v) is 17.2. The van der Waals surface area contributed by atoms with E-state index >= 15 is 0 Å². The zero-order chi connectivity index (χ0) is 20.5. The summed E-state index contributed by atoms with van der Waals surface area (Å²) in [4.78, 5) is 12.6. The number of hydrogen-bond acceptors (Lipinski definition) is 2. The molecule has 4 aliphatic rings. The maximum atomic E-state index is 12.6. The van der Waals surface area contributed by atoms with E-state index in [1.165, 1.54) is 25.7 Å². The molecule has 2 nitrogen and oxygen atoms in total. The normalized spacial score (nSPS) is 43.8. The summed E-state index contributed by atoms with van der Waals surface area (Å²) in [6.07, 6.45) is 12.2. The molecule has 0 amide bonds. The summed E-state index contributed by atoms with van der Waals surface area (Å²) in [7, 11) is -1.71. The fraction of sp³-hybridized carbons (Fsp3) is 0.880. The van der Waals surface area contributed by atoms with E-state index in [1.54, 1.807) is 5.57 Å². The quantitative estimate of drug-likeness (QED) is 0.370. The minimum atomic E-state index is -1.71. The summed E-state index contributed by atoms with van der Waals surface area (Å²) in [5, 5.41) is 0.280. The van der Waals surface area contributed by atoms with Gasteiger partial charge < -0.3 is 4.43 Å². The molecule has 3 fully saturated rings. The number of fused-ring (bicyclic) bond motifs is 5. The molecule has 0 aliphatic heterocycles. The Morgan fingerprint density at radius 1 is 1.04 bits per heavy atom. The predicted octanol–water partition coefficient (Wildman–Crippen LogP) is 6.91. The van der Waals surface area contributed by atoms with E-state index in [4.69, 9.17) is 4.43 Å². The minimum Gasteiger partial charge on any atom is -0.414 e. The lowest BCUT2D eigenvalue weighted by Gasteiger charge is -2.57. The summed E-state index contributed by atoms with van der Waals surface area (Å²) >= 11 is 0. The van der Waals surface area contributed by atoms with Crippen LogP contribution in [0.25, 0.3) is 0 Å². The Morgan fingerprint density at radius 2 is 1.68 bits per heavy atom. The number of rotatable bonds is 2. The van der Waals surface area contributed by atoms with Crippen LogP contribution in [-0.2, 0) is 9.22 Å². The average molecular weight is 403 g/mol. The van der Waals surface area contributed by atoms with Crippen LogP contribution >= 0.6 is 0 Å². The van der Waals surface area contributed by atoms with Crippen molar-refractivity contribution in [1.29, 1.82) is 0 Å². The molecule has 0 aromatic carbocycles. The lowest BCUT2D eigenvalue weighted by molar-refractivity contribution is -0.131. The Morgan fingerprint density at radius 3 is 2.36 bits per heavy atom. The van der Waals surface area contributed by atoms with Crippen LogP contribution in [0.4, 0.5) is 0 Å². The highest BCUT2D eigenvalue weighted by molar-refractivity contribution is 6.74. The van der Waals surface area contributed by atoms with Crippen molar-refractivity contribution in [2.24, 2.45) is 28.6 Å². The van der Waals surface area contributed by atoms with Gasteiger partial charge in [0.2, 0.25) is 0 Å². The van der Waals surface area contributed by atoms with Crippen LogP contribution < -0.4 is 0 Å². The molecule has 1 unspecified atom stereocenters. The van der Waals surface area contributed by atoms with Gasteiger partial charge in [-0.3, -0.25) is 4.79 Å². The molecular weight excluding hydrogens is 360 g/mol. The van der Waals surface area contributed by atoms with Crippen LogP contribution in [0.2, 0.25) is 18.1 Å². The van der Waals surface area contributed by atoms with Gasteiger partial charge in [0.25, 0.3) is 0 Å². The van der Waals surface area contributed by atoms with Gasteiger partial charge in [-0.25, -0.2) is 0 Å². The fourth-order valence-electron chi connectivity index (χ4n) is 7.09. The van der Waals surface area contributed by atoms with Gasteiger partial charge in [0.15, 0.2) is 8.32 Å². The van der Waals surface area contributed by atoms with Crippen molar-refractivity contribution in [3.63, 3.8) is 0 Å². The van der Waals surface area contributed by atoms with Gasteiger partial charge in [0.1, 0.15) is 5.78 Å². The second kappa shape index (κ2) is 6.54. The largest absolute Gasteiger partial charge is 0.414 e. The predicted molar refractivity (Wildman–Crippen MR) is 119 cm³/mol. The van der Waals surface area contributed by atoms with Crippen LogP contribution in [0.15, 0.2) is 11.6 Å². The maximum absolute atomic E-state index is 12.6. The zero-order valence-electron chi connectivity index (χ0n) is 19.4. The van der Waals surface area contributed by atoms with Crippen molar-refractivity contribution in [3.8, 4) is 0 Å². The van der Waals surface area contributed by atoms with Crippen LogP contribution in [-0.4, -0.2) is 20.2 Å². The second-order valence-electron chi connectivity index (χ2n) is 12.4. The number of allylic oxidation sites excluding steroid dienone is 1. The van der Waals surface area contributed by atoms with E-state index in [-0.39, 0.29) is 10.5 Å². The number of hydrogen-bond donors (Lipinski definition) is 0. The molecule has 0 spiro atoms. The third-order valence-corrected chi connectivity index (χ3v) is 14.6. The lowest BCUT2D eigenvalue weighted by Crippen LogP contribution is -2.51. The Hall–Kier alpha value is -0.413. The summed E-state index contributed by atoms with van der Waals surface area (Å²) in [5.74, 6) is 2.71. The number of carbonyl (C=O) groups is 1. The van der Waals surface area contributed by atoms with Gasteiger partial charge in [0, 0.05) is 17.9 Å². The highest BCUT2D eigenvalue weighted by atomic mass is 28.4. The minimum absolute atomic E-state index is 0.00842. The first kappa shape index (κ1) is 20.8. The monoisotopic (exact) mass is 402 g/mol.